The SMILES string of the molecule is Cc1ccc(C(=O)NNC(C)(C)C#N)cc1. The number of aryl methyl sites for hydroxylation is 1. The fraction of sp³-hybridized carbons (Fsp3) is 0.333. The molecule has 1 aromatic rings. The summed E-state index contributed by atoms with van der Waals surface area (Å²) in [4.78, 5) is 11.6. The van der Waals surface area contributed by atoms with E-state index in [0.29, 0.717) is 5.56 Å². The first-order valence-electron chi connectivity index (χ1n) is 5.00. The Labute approximate surface area is 95.2 Å². The minimum atomic E-state index is -0.777. The number of benzene rings is 1. The monoisotopic (exact) mass is 217 g/mol. The summed E-state index contributed by atoms with van der Waals surface area (Å²) in [5.41, 5.74) is 6.04. The Balaban J connectivity index is 2.61. The summed E-state index contributed by atoms with van der Waals surface area (Å²) in [6.45, 7) is 5.32. The van der Waals surface area contributed by atoms with Crippen molar-refractivity contribution in [1.29, 1.82) is 5.26 Å². The Hall–Kier alpha value is -1.86. The van der Waals surface area contributed by atoms with Crippen LogP contribution in [-0.4, -0.2) is 11.4 Å². The Morgan fingerprint density at radius 2 is 1.88 bits per heavy atom. The number of nitrogens with one attached hydrogen (secondary N) is 2. The third kappa shape index (κ3) is 3.37. The van der Waals surface area contributed by atoms with Gasteiger partial charge in [-0.05, 0) is 32.9 Å². The van der Waals surface area contributed by atoms with E-state index in [-0.39, 0.29) is 5.91 Å². The molecule has 0 saturated heterocycles. The highest BCUT2D eigenvalue weighted by molar-refractivity contribution is 5.93. The fourth-order valence-electron chi connectivity index (χ4n) is 1.02. The molecule has 0 spiro atoms. The number of nitriles is 1. The highest BCUT2D eigenvalue weighted by Gasteiger charge is 2.16. The van der Waals surface area contributed by atoms with Gasteiger partial charge in [-0.1, -0.05) is 17.7 Å². The first kappa shape index (κ1) is 12.2. The lowest BCUT2D eigenvalue weighted by Crippen LogP contribution is -2.49. The molecule has 16 heavy (non-hydrogen) atoms. The molecule has 0 saturated carbocycles. The van der Waals surface area contributed by atoms with E-state index in [2.05, 4.69) is 10.9 Å². The molecule has 4 nitrogen and oxygen atoms in total. The van der Waals surface area contributed by atoms with Crippen molar-refractivity contribution in [2.45, 2.75) is 26.3 Å². The molecule has 1 aromatic carbocycles. The number of amides is 1. The van der Waals surface area contributed by atoms with Crippen LogP contribution in [0.25, 0.3) is 0 Å². The zero-order valence-corrected chi connectivity index (χ0v) is 9.66. The minimum Gasteiger partial charge on any atom is -0.286 e. The second-order valence-corrected chi connectivity index (χ2v) is 4.18. The van der Waals surface area contributed by atoms with Crippen LogP contribution in [0.5, 0.6) is 0 Å². The van der Waals surface area contributed by atoms with Gasteiger partial charge in [0.15, 0.2) is 0 Å². The van der Waals surface area contributed by atoms with E-state index in [1.165, 1.54) is 0 Å². The summed E-state index contributed by atoms with van der Waals surface area (Å²) in [5, 5.41) is 8.75. The van der Waals surface area contributed by atoms with Gasteiger partial charge in [-0.15, -0.1) is 0 Å². The van der Waals surface area contributed by atoms with Crippen LogP contribution in [0.1, 0.15) is 29.8 Å². The number of hydrogen-bond acceptors (Lipinski definition) is 3. The summed E-state index contributed by atoms with van der Waals surface area (Å²) in [5.74, 6) is -0.247. The van der Waals surface area contributed by atoms with Crippen LogP contribution in [0, 0.1) is 18.3 Å². The standard InChI is InChI=1S/C12H15N3O/c1-9-4-6-10(7-5-9)11(16)14-15-12(2,3)8-13/h4-7,15H,1-3H3,(H,14,16). The molecule has 0 fully saturated rings. The first-order chi connectivity index (χ1) is 7.44. The molecule has 0 atom stereocenters. The zero-order valence-electron chi connectivity index (χ0n) is 9.66. The molecule has 0 aromatic heterocycles. The van der Waals surface area contributed by atoms with Gasteiger partial charge in [0.2, 0.25) is 0 Å². The molecule has 0 heterocycles. The number of nitrogens with zero attached hydrogens (tertiary/aromatic N) is 1. The lowest BCUT2D eigenvalue weighted by molar-refractivity contribution is 0.0920. The normalized spacial score (nSPS) is 10.6. The van der Waals surface area contributed by atoms with E-state index in [0.717, 1.165) is 5.56 Å². The third-order valence-corrected chi connectivity index (χ3v) is 2.08. The molecule has 1 rings (SSSR count). The van der Waals surface area contributed by atoms with Gasteiger partial charge in [-0.2, -0.15) is 5.26 Å². The highest BCUT2D eigenvalue weighted by Crippen LogP contribution is 2.03. The molecule has 84 valence electrons. The molecule has 4 heteroatoms. The van der Waals surface area contributed by atoms with Crippen molar-refractivity contribution in [3.63, 3.8) is 0 Å². The van der Waals surface area contributed by atoms with E-state index >= 15 is 0 Å². The van der Waals surface area contributed by atoms with Crippen LogP contribution >= 0.6 is 0 Å². The molecule has 0 aliphatic carbocycles. The first-order valence-corrected chi connectivity index (χ1v) is 5.00. The lowest BCUT2D eigenvalue weighted by Gasteiger charge is -2.17. The predicted molar refractivity (Wildman–Crippen MR) is 61.5 cm³/mol. The van der Waals surface area contributed by atoms with Crippen molar-refractivity contribution >= 4 is 5.91 Å². The molecular formula is C12H15N3O. The molecule has 0 radical (unpaired) electrons. The molecule has 1 amide bonds. The fourth-order valence-corrected chi connectivity index (χ4v) is 1.02. The largest absolute Gasteiger partial charge is 0.286 e. The van der Waals surface area contributed by atoms with Crippen molar-refractivity contribution in [2.24, 2.45) is 0 Å². The molecule has 0 unspecified atom stereocenters. The Morgan fingerprint density at radius 1 is 1.31 bits per heavy atom. The average Bonchev–Trinajstić information content (AvgIpc) is 2.27. The van der Waals surface area contributed by atoms with Crippen molar-refractivity contribution in [2.75, 3.05) is 0 Å². The van der Waals surface area contributed by atoms with Gasteiger partial charge in [0, 0.05) is 5.56 Å². The maximum atomic E-state index is 11.6. The predicted octanol–water partition coefficient (Wildman–Crippen LogP) is 1.53. The second-order valence-electron chi connectivity index (χ2n) is 4.18. The van der Waals surface area contributed by atoms with Crippen LogP contribution in [0.4, 0.5) is 0 Å². The summed E-state index contributed by atoms with van der Waals surface area (Å²) in [7, 11) is 0. The van der Waals surface area contributed by atoms with E-state index in [9.17, 15) is 4.79 Å². The number of carbonyl (C=O) groups excluding carboxylic acids is 1. The zero-order chi connectivity index (χ0) is 12.2. The van der Waals surface area contributed by atoms with Crippen LogP contribution in [0.3, 0.4) is 0 Å². The van der Waals surface area contributed by atoms with Gasteiger partial charge < -0.3 is 0 Å². The van der Waals surface area contributed by atoms with Gasteiger partial charge in [0.25, 0.3) is 5.91 Å². The van der Waals surface area contributed by atoms with Crippen molar-refractivity contribution in [1.82, 2.24) is 10.9 Å². The topological polar surface area (TPSA) is 64.9 Å². The molecule has 0 aliphatic rings. The second kappa shape index (κ2) is 4.77. The van der Waals surface area contributed by atoms with Gasteiger partial charge in [0.05, 0.1) is 6.07 Å². The maximum absolute atomic E-state index is 11.6. The van der Waals surface area contributed by atoms with Crippen molar-refractivity contribution in [3.05, 3.63) is 35.4 Å². The number of hydrazine groups is 1. The number of carbonyl (C=O) groups is 1. The van der Waals surface area contributed by atoms with Crippen molar-refractivity contribution in [3.8, 4) is 6.07 Å². The summed E-state index contributed by atoms with van der Waals surface area (Å²) in [6.07, 6.45) is 0. The smallest absolute Gasteiger partial charge is 0.265 e. The summed E-state index contributed by atoms with van der Waals surface area (Å²) < 4.78 is 0. The lowest BCUT2D eigenvalue weighted by atomic mass is 10.1. The Bertz CT molecular complexity index is 415. The summed E-state index contributed by atoms with van der Waals surface area (Å²) in [6, 6.07) is 9.25. The molecule has 2 N–H and O–H groups in total. The summed E-state index contributed by atoms with van der Waals surface area (Å²) >= 11 is 0. The highest BCUT2D eigenvalue weighted by atomic mass is 16.2. The van der Waals surface area contributed by atoms with Gasteiger partial charge >= 0.3 is 0 Å². The Morgan fingerprint density at radius 3 is 2.38 bits per heavy atom. The van der Waals surface area contributed by atoms with Crippen LogP contribution in [-0.2, 0) is 0 Å². The number of rotatable bonds is 3. The van der Waals surface area contributed by atoms with Gasteiger partial charge in [0.1, 0.15) is 5.54 Å². The maximum Gasteiger partial charge on any atom is 0.265 e. The van der Waals surface area contributed by atoms with Crippen molar-refractivity contribution < 1.29 is 4.79 Å². The van der Waals surface area contributed by atoms with E-state index < -0.39 is 5.54 Å². The van der Waals surface area contributed by atoms with Crippen LogP contribution in [0.15, 0.2) is 24.3 Å². The van der Waals surface area contributed by atoms with E-state index in [1.807, 2.05) is 25.1 Å². The van der Waals surface area contributed by atoms with Gasteiger partial charge in [-0.3, -0.25) is 10.2 Å². The Kier molecular flexibility index (Phi) is 3.64. The molecule has 0 bridgehead atoms. The minimum absolute atomic E-state index is 0.247. The van der Waals surface area contributed by atoms with Gasteiger partial charge in [-0.25, -0.2) is 5.43 Å². The average molecular weight is 217 g/mol. The quantitative estimate of drug-likeness (QED) is 0.755. The van der Waals surface area contributed by atoms with Crippen LogP contribution in [0.2, 0.25) is 0 Å². The third-order valence-electron chi connectivity index (χ3n) is 2.08. The van der Waals surface area contributed by atoms with Crippen LogP contribution < -0.4 is 10.9 Å². The molecule has 0 aliphatic heterocycles. The molecular weight excluding hydrogens is 202 g/mol. The van der Waals surface area contributed by atoms with E-state index in [4.69, 9.17) is 5.26 Å². The van der Waals surface area contributed by atoms with E-state index in [1.54, 1.807) is 26.0 Å². The number of hydrogen-bond donors (Lipinski definition) is 2.